The van der Waals surface area contributed by atoms with E-state index in [1.807, 2.05) is 37.3 Å². The molecule has 1 aromatic heterocycles. The molecule has 118 valence electrons. The van der Waals surface area contributed by atoms with Gasteiger partial charge in [0.25, 0.3) is 5.91 Å². The predicted octanol–water partition coefficient (Wildman–Crippen LogP) is 5.26. The van der Waals surface area contributed by atoms with Crippen LogP contribution in [0.25, 0.3) is 10.9 Å². The second-order valence-corrected chi connectivity index (χ2v) is 6.88. The van der Waals surface area contributed by atoms with E-state index in [2.05, 4.69) is 42.2 Å². The van der Waals surface area contributed by atoms with Crippen LogP contribution >= 0.6 is 31.9 Å². The van der Waals surface area contributed by atoms with Gasteiger partial charge in [-0.1, -0.05) is 6.07 Å². The van der Waals surface area contributed by atoms with Crippen LogP contribution in [0.2, 0.25) is 0 Å². The Bertz CT molecular complexity index is 903. The van der Waals surface area contributed by atoms with Crippen LogP contribution in [0.5, 0.6) is 5.75 Å². The number of halogens is 2. The Balaban J connectivity index is 1.98. The molecule has 0 saturated heterocycles. The smallest absolute Gasteiger partial charge is 0.257 e. The van der Waals surface area contributed by atoms with Crippen LogP contribution in [0.1, 0.15) is 15.9 Å². The standard InChI is InChI=1S/C17H14Br2N2O2/c1-9-3-4-16(23-2)15(5-9)21-17(22)11-8-20-14-7-13(19)12(18)6-10(11)14/h3-8,20H,1-2H3,(H,21,22). The molecule has 0 bridgehead atoms. The first-order valence-electron chi connectivity index (χ1n) is 6.91. The van der Waals surface area contributed by atoms with Gasteiger partial charge in [0.15, 0.2) is 0 Å². The summed E-state index contributed by atoms with van der Waals surface area (Å²) in [4.78, 5) is 15.8. The maximum atomic E-state index is 12.7. The molecule has 2 N–H and O–H groups in total. The highest BCUT2D eigenvalue weighted by molar-refractivity contribution is 9.13. The fourth-order valence-corrected chi connectivity index (χ4v) is 3.10. The van der Waals surface area contributed by atoms with Crippen LogP contribution in [0.3, 0.4) is 0 Å². The zero-order valence-electron chi connectivity index (χ0n) is 12.5. The number of benzene rings is 2. The molecule has 2 aromatic carbocycles. The summed E-state index contributed by atoms with van der Waals surface area (Å²) in [6.45, 7) is 1.97. The van der Waals surface area contributed by atoms with Crippen LogP contribution in [0, 0.1) is 6.92 Å². The number of H-pyrrole nitrogens is 1. The van der Waals surface area contributed by atoms with Gasteiger partial charge < -0.3 is 15.0 Å². The van der Waals surface area contributed by atoms with Crippen molar-refractivity contribution in [2.45, 2.75) is 6.92 Å². The number of nitrogens with one attached hydrogen (secondary N) is 2. The Morgan fingerprint density at radius 2 is 1.91 bits per heavy atom. The maximum absolute atomic E-state index is 12.7. The minimum Gasteiger partial charge on any atom is -0.495 e. The number of hydrogen-bond donors (Lipinski definition) is 2. The van der Waals surface area contributed by atoms with Crippen molar-refractivity contribution >= 4 is 54.4 Å². The summed E-state index contributed by atoms with van der Waals surface area (Å²) < 4.78 is 7.13. The van der Waals surface area contributed by atoms with Crippen LogP contribution in [-0.2, 0) is 0 Å². The molecule has 0 unspecified atom stereocenters. The van der Waals surface area contributed by atoms with Crippen molar-refractivity contribution in [3.05, 3.63) is 56.6 Å². The topological polar surface area (TPSA) is 54.1 Å². The van der Waals surface area contributed by atoms with Crippen molar-refractivity contribution in [1.82, 2.24) is 4.98 Å². The molecule has 0 fully saturated rings. The molecule has 0 saturated carbocycles. The Labute approximate surface area is 150 Å². The monoisotopic (exact) mass is 436 g/mol. The first-order valence-corrected chi connectivity index (χ1v) is 8.50. The summed E-state index contributed by atoms with van der Waals surface area (Å²) in [7, 11) is 1.58. The third kappa shape index (κ3) is 3.14. The van der Waals surface area contributed by atoms with E-state index in [1.54, 1.807) is 13.3 Å². The van der Waals surface area contributed by atoms with Gasteiger partial charge in [0, 0.05) is 26.0 Å². The lowest BCUT2D eigenvalue weighted by Gasteiger charge is -2.10. The number of amides is 1. The van der Waals surface area contributed by atoms with Gasteiger partial charge in [0.2, 0.25) is 0 Å². The van der Waals surface area contributed by atoms with E-state index in [9.17, 15) is 4.79 Å². The van der Waals surface area contributed by atoms with Crippen LogP contribution < -0.4 is 10.1 Å². The second kappa shape index (κ2) is 6.37. The Morgan fingerprint density at radius 3 is 2.65 bits per heavy atom. The first kappa shape index (κ1) is 16.1. The third-order valence-corrected chi connectivity index (χ3v) is 5.41. The number of anilines is 1. The maximum Gasteiger partial charge on any atom is 0.257 e. The van der Waals surface area contributed by atoms with E-state index < -0.39 is 0 Å². The van der Waals surface area contributed by atoms with Crippen LogP contribution in [0.4, 0.5) is 5.69 Å². The van der Waals surface area contributed by atoms with Gasteiger partial charge in [-0.05, 0) is 68.6 Å². The van der Waals surface area contributed by atoms with Gasteiger partial charge in [-0.15, -0.1) is 0 Å². The number of fused-ring (bicyclic) bond motifs is 1. The van der Waals surface area contributed by atoms with Gasteiger partial charge in [-0.3, -0.25) is 4.79 Å². The quantitative estimate of drug-likeness (QED) is 0.586. The zero-order valence-corrected chi connectivity index (χ0v) is 15.7. The van der Waals surface area contributed by atoms with E-state index in [1.165, 1.54) is 0 Å². The normalized spacial score (nSPS) is 10.8. The van der Waals surface area contributed by atoms with Crippen molar-refractivity contribution in [2.75, 3.05) is 12.4 Å². The molecule has 3 rings (SSSR count). The molecule has 0 aliphatic heterocycles. The average molecular weight is 438 g/mol. The van der Waals surface area contributed by atoms with E-state index >= 15 is 0 Å². The fourth-order valence-electron chi connectivity index (χ4n) is 2.41. The number of aromatic amines is 1. The van der Waals surface area contributed by atoms with E-state index in [4.69, 9.17) is 4.74 Å². The number of hydrogen-bond acceptors (Lipinski definition) is 2. The number of aromatic nitrogens is 1. The summed E-state index contributed by atoms with van der Waals surface area (Å²) in [6.07, 6.45) is 1.71. The zero-order chi connectivity index (χ0) is 16.6. The van der Waals surface area contributed by atoms with Gasteiger partial charge in [0.05, 0.1) is 18.4 Å². The molecule has 6 heteroatoms. The molecule has 0 atom stereocenters. The minimum absolute atomic E-state index is 0.186. The molecule has 1 heterocycles. The predicted molar refractivity (Wildman–Crippen MR) is 99.4 cm³/mol. The molecular weight excluding hydrogens is 424 g/mol. The first-order chi connectivity index (χ1) is 11.0. The van der Waals surface area contributed by atoms with Crippen molar-refractivity contribution in [3.8, 4) is 5.75 Å². The number of carbonyl (C=O) groups excluding carboxylic acids is 1. The van der Waals surface area contributed by atoms with Crippen molar-refractivity contribution in [3.63, 3.8) is 0 Å². The summed E-state index contributed by atoms with van der Waals surface area (Å²) in [5.74, 6) is 0.446. The Morgan fingerprint density at radius 1 is 1.17 bits per heavy atom. The lowest BCUT2D eigenvalue weighted by atomic mass is 10.1. The molecular formula is C17H14Br2N2O2. The number of aryl methyl sites for hydroxylation is 1. The summed E-state index contributed by atoms with van der Waals surface area (Å²) in [5, 5.41) is 3.77. The molecule has 3 aromatic rings. The van der Waals surface area contributed by atoms with Gasteiger partial charge in [-0.2, -0.15) is 0 Å². The van der Waals surface area contributed by atoms with E-state index in [0.29, 0.717) is 17.0 Å². The van der Waals surface area contributed by atoms with Gasteiger partial charge in [-0.25, -0.2) is 0 Å². The van der Waals surface area contributed by atoms with Crippen LogP contribution in [0.15, 0.2) is 45.5 Å². The SMILES string of the molecule is COc1ccc(C)cc1NC(=O)c1c[nH]c2cc(Br)c(Br)cc12. The molecule has 0 aliphatic rings. The second-order valence-electron chi connectivity index (χ2n) is 5.17. The largest absolute Gasteiger partial charge is 0.495 e. The van der Waals surface area contributed by atoms with Crippen molar-refractivity contribution in [2.24, 2.45) is 0 Å². The van der Waals surface area contributed by atoms with Gasteiger partial charge >= 0.3 is 0 Å². The van der Waals surface area contributed by atoms with Crippen molar-refractivity contribution < 1.29 is 9.53 Å². The fraction of sp³-hybridized carbons (Fsp3) is 0.118. The Kier molecular flexibility index (Phi) is 4.46. The van der Waals surface area contributed by atoms with Crippen LogP contribution in [-0.4, -0.2) is 18.0 Å². The molecule has 1 amide bonds. The summed E-state index contributed by atoms with van der Waals surface area (Å²) in [5.41, 5.74) is 3.17. The molecule has 0 spiro atoms. The molecule has 23 heavy (non-hydrogen) atoms. The number of carbonyl (C=O) groups is 1. The number of rotatable bonds is 3. The van der Waals surface area contributed by atoms with E-state index in [0.717, 1.165) is 25.4 Å². The number of ether oxygens (including phenoxy) is 1. The van der Waals surface area contributed by atoms with Gasteiger partial charge in [0.1, 0.15) is 5.75 Å². The summed E-state index contributed by atoms with van der Waals surface area (Å²) >= 11 is 6.93. The summed E-state index contributed by atoms with van der Waals surface area (Å²) in [6, 6.07) is 9.52. The van der Waals surface area contributed by atoms with E-state index in [-0.39, 0.29) is 5.91 Å². The molecule has 0 radical (unpaired) electrons. The van der Waals surface area contributed by atoms with Crippen molar-refractivity contribution in [1.29, 1.82) is 0 Å². The molecule has 4 nitrogen and oxygen atoms in total. The molecule has 0 aliphatic carbocycles. The Hall–Kier alpha value is -1.79. The lowest BCUT2D eigenvalue weighted by molar-refractivity contribution is 0.102. The average Bonchev–Trinajstić information content (AvgIpc) is 2.91. The highest BCUT2D eigenvalue weighted by Crippen LogP contribution is 2.31. The lowest BCUT2D eigenvalue weighted by Crippen LogP contribution is -2.12. The number of methoxy groups -OCH3 is 1. The minimum atomic E-state index is -0.186. The highest BCUT2D eigenvalue weighted by Gasteiger charge is 2.15. The highest BCUT2D eigenvalue weighted by atomic mass is 79.9. The third-order valence-electron chi connectivity index (χ3n) is 3.57.